The van der Waals surface area contributed by atoms with Crippen LogP contribution in [0.1, 0.15) is 17.0 Å². The molecule has 0 nitrogen and oxygen atoms in total. The summed E-state index contributed by atoms with van der Waals surface area (Å²) >= 11 is 15.4. The van der Waals surface area contributed by atoms with E-state index in [-0.39, 0.29) is 4.32 Å². The van der Waals surface area contributed by atoms with Crippen molar-refractivity contribution in [2.45, 2.75) is 24.7 Å². The van der Waals surface area contributed by atoms with Crippen molar-refractivity contribution in [2.24, 2.45) is 0 Å². The van der Waals surface area contributed by atoms with E-state index in [1.807, 2.05) is 0 Å². The van der Waals surface area contributed by atoms with Crippen LogP contribution in [0.15, 0.2) is 24.3 Å². The van der Waals surface area contributed by atoms with Crippen LogP contribution in [-0.2, 0) is 4.32 Å². The van der Waals surface area contributed by atoms with Crippen LogP contribution >= 0.6 is 63.7 Å². The van der Waals surface area contributed by atoms with Gasteiger partial charge in [-0.2, -0.15) is 0 Å². The van der Waals surface area contributed by atoms with E-state index in [9.17, 15) is 0 Å². The van der Waals surface area contributed by atoms with Crippen molar-refractivity contribution in [2.75, 3.05) is 0 Å². The van der Waals surface area contributed by atoms with Crippen LogP contribution in [0.5, 0.6) is 0 Å². The van der Waals surface area contributed by atoms with Crippen molar-refractivity contribution in [3.63, 3.8) is 0 Å². The zero-order valence-electron chi connectivity index (χ0n) is 7.63. The zero-order chi connectivity index (χ0) is 10.8. The number of halogens is 4. The van der Waals surface area contributed by atoms with Gasteiger partial charge in [-0.1, -0.05) is 88.0 Å². The highest BCUT2D eigenvalue weighted by molar-refractivity contribution is 9.14. The Morgan fingerprint density at radius 3 is 2.40 bits per heavy atom. The van der Waals surface area contributed by atoms with E-state index < -0.39 is 0 Å². The largest absolute Gasteiger partial charge is 0.0871 e. The van der Waals surface area contributed by atoms with Gasteiger partial charge in [0.1, 0.15) is 0 Å². The molecule has 0 saturated heterocycles. The van der Waals surface area contributed by atoms with E-state index in [1.165, 1.54) is 11.1 Å². The molecule has 0 aliphatic heterocycles. The third kappa shape index (κ3) is 1.23. The molecule has 0 amide bonds. The number of rotatable bonds is 0. The highest BCUT2D eigenvalue weighted by Crippen LogP contribution is 2.66. The third-order valence-corrected chi connectivity index (χ3v) is 10.5. The fourth-order valence-corrected chi connectivity index (χ4v) is 7.81. The minimum Gasteiger partial charge on any atom is -0.0871 e. The number of fused-ring (bicyclic) bond motifs is 5. The van der Waals surface area contributed by atoms with Crippen molar-refractivity contribution in [1.82, 2.24) is 0 Å². The van der Waals surface area contributed by atoms with E-state index in [2.05, 4.69) is 88.0 Å². The maximum Gasteiger partial charge on any atom is 0.0775 e. The zero-order valence-corrected chi connectivity index (χ0v) is 14.0. The fraction of sp³-hybridized carbons (Fsp3) is 0.455. The van der Waals surface area contributed by atoms with E-state index in [0.29, 0.717) is 20.4 Å². The Bertz CT molecular complexity index is 419. The molecule has 1 fully saturated rings. The second kappa shape index (κ2) is 3.56. The molecular weight excluding hydrogens is 452 g/mol. The summed E-state index contributed by atoms with van der Waals surface area (Å²) in [5, 5.41) is 0. The van der Waals surface area contributed by atoms with Crippen molar-refractivity contribution < 1.29 is 0 Å². The molecule has 1 aromatic rings. The Hall–Kier alpha value is 1.14. The normalized spacial score (nSPS) is 46.9. The predicted molar refractivity (Wildman–Crippen MR) is 77.9 cm³/mol. The molecule has 1 saturated carbocycles. The molecule has 0 N–H and O–H groups in total. The van der Waals surface area contributed by atoms with Gasteiger partial charge in [0.05, 0.1) is 4.32 Å². The van der Waals surface area contributed by atoms with Crippen LogP contribution in [0, 0.1) is 0 Å². The number of alkyl halides is 4. The van der Waals surface area contributed by atoms with Gasteiger partial charge in [0, 0.05) is 20.4 Å². The van der Waals surface area contributed by atoms with Crippen LogP contribution in [0.3, 0.4) is 0 Å². The van der Waals surface area contributed by atoms with Crippen molar-refractivity contribution >= 4 is 63.7 Å². The standard InChI is InChI=1S/C11H8Br4/c12-8-7-5-3-1-2-4-6(5)11(15,9(7)13)10(8)14/h1-4,7-10H/t7-,8-,9+,10-,11+/m0/s1. The smallest absolute Gasteiger partial charge is 0.0775 e. The molecule has 15 heavy (non-hydrogen) atoms. The van der Waals surface area contributed by atoms with E-state index >= 15 is 0 Å². The van der Waals surface area contributed by atoms with Gasteiger partial charge in [-0.05, 0) is 11.1 Å². The van der Waals surface area contributed by atoms with E-state index in [4.69, 9.17) is 0 Å². The molecule has 2 bridgehead atoms. The lowest BCUT2D eigenvalue weighted by atomic mass is 9.92. The lowest BCUT2D eigenvalue weighted by molar-refractivity contribution is 0.730. The van der Waals surface area contributed by atoms with Crippen LogP contribution in [0.2, 0.25) is 0 Å². The molecule has 0 radical (unpaired) electrons. The van der Waals surface area contributed by atoms with Crippen LogP contribution in [0.25, 0.3) is 0 Å². The molecule has 1 aromatic carbocycles. The van der Waals surface area contributed by atoms with Gasteiger partial charge in [0.25, 0.3) is 0 Å². The molecule has 0 heterocycles. The summed E-state index contributed by atoms with van der Waals surface area (Å²) in [6, 6.07) is 8.71. The second-order valence-electron chi connectivity index (χ2n) is 4.13. The molecule has 4 heteroatoms. The lowest BCUT2D eigenvalue weighted by Gasteiger charge is -2.31. The minimum atomic E-state index is 0.0302. The van der Waals surface area contributed by atoms with Gasteiger partial charge in [-0.25, -0.2) is 0 Å². The SMILES string of the molecule is Br[C@H]1[C@@H]2c3ccccc3[C@@](Br)([C@@H]2Br)[C@H]1Br. The summed E-state index contributed by atoms with van der Waals surface area (Å²) in [5.41, 5.74) is 2.89. The van der Waals surface area contributed by atoms with Gasteiger partial charge >= 0.3 is 0 Å². The van der Waals surface area contributed by atoms with E-state index in [0.717, 1.165) is 0 Å². The predicted octanol–water partition coefficient (Wildman–Crippen LogP) is 4.68. The molecular formula is C11H8Br4. The number of hydrogen-bond donors (Lipinski definition) is 0. The van der Waals surface area contributed by atoms with Gasteiger partial charge in [0.15, 0.2) is 0 Å². The third-order valence-electron chi connectivity index (χ3n) is 3.47. The van der Waals surface area contributed by atoms with Crippen molar-refractivity contribution in [3.05, 3.63) is 35.4 Å². The molecule has 3 rings (SSSR count). The molecule has 2 aliphatic carbocycles. The lowest BCUT2D eigenvalue weighted by Crippen LogP contribution is -2.32. The minimum absolute atomic E-state index is 0.0302. The van der Waals surface area contributed by atoms with E-state index in [1.54, 1.807) is 0 Å². The van der Waals surface area contributed by atoms with Gasteiger partial charge < -0.3 is 0 Å². The van der Waals surface area contributed by atoms with Gasteiger partial charge in [-0.15, -0.1) is 0 Å². The summed E-state index contributed by atoms with van der Waals surface area (Å²) < 4.78 is 0.0302. The van der Waals surface area contributed by atoms with Crippen LogP contribution in [-0.4, -0.2) is 14.5 Å². The summed E-state index contributed by atoms with van der Waals surface area (Å²) in [6.07, 6.45) is 0. The first kappa shape index (κ1) is 11.2. The first-order valence-corrected chi connectivity index (χ1v) is 8.33. The van der Waals surface area contributed by atoms with Gasteiger partial charge in [0.2, 0.25) is 0 Å². The molecule has 2 aliphatic rings. The first-order chi connectivity index (χ1) is 7.08. The Labute approximate surface area is 123 Å². The molecule has 0 spiro atoms. The molecule has 80 valence electrons. The molecule has 5 atom stereocenters. The van der Waals surface area contributed by atoms with Gasteiger partial charge in [-0.3, -0.25) is 0 Å². The summed E-state index contributed by atoms with van der Waals surface area (Å²) in [6.45, 7) is 0. The number of benzene rings is 1. The Morgan fingerprint density at radius 2 is 1.67 bits per heavy atom. The molecule has 0 aromatic heterocycles. The van der Waals surface area contributed by atoms with Crippen molar-refractivity contribution in [1.29, 1.82) is 0 Å². The number of hydrogen-bond acceptors (Lipinski definition) is 0. The maximum absolute atomic E-state index is 3.93. The Balaban J connectivity index is 2.27. The fourth-order valence-electron chi connectivity index (χ4n) is 2.75. The Kier molecular flexibility index (Phi) is 2.67. The summed E-state index contributed by atoms with van der Waals surface area (Å²) in [4.78, 5) is 1.36. The van der Waals surface area contributed by atoms with Crippen molar-refractivity contribution in [3.8, 4) is 0 Å². The Morgan fingerprint density at radius 1 is 1.00 bits per heavy atom. The van der Waals surface area contributed by atoms with Crippen LogP contribution in [0.4, 0.5) is 0 Å². The summed E-state index contributed by atoms with van der Waals surface area (Å²) in [5.74, 6) is 0.546. The maximum atomic E-state index is 3.93. The average Bonchev–Trinajstić information content (AvgIpc) is 2.56. The average molecular weight is 460 g/mol. The topological polar surface area (TPSA) is 0 Å². The quantitative estimate of drug-likeness (QED) is 0.494. The summed E-state index contributed by atoms with van der Waals surface area (Å²) in [7, 11) is 0. The first-order valence-electron chi connectivity index (χ1n) is 4.79. The monoisotopic (exact) mass is 456 g/mol. The molecule has 0 unspecified atom stereocenters. The highest BCUT2D eigenvalue weighted by atomic mass is 79.9. The van der Waals surface area contributed by atoms with Crippen LogP contribution < -0.4 is 0 Å². The second-order valence-corrected chi connectivity index (χ2v) is 8.47. The highest BCUT2D eigenvalue weighted by Gasteiger charge is 2.63.